The Morgan fingerprint density at radius 3 is 2.24 bits per heavy atom. The highest BCUT2D eigenvalue weighted by Gasteiger charge is 2.37. The topological polar surface area (TPSA) is 69.6 Å². The van der Waals surface area contributed by atoms with Crippen LogP contribution in [0, 0.1) is 6.92 Å². The molecule has 0 aliphatic rings. The fraction of sp³-hybridized carbons (Fsp3) is 0.231. The number of carbonyl (C=O) groups excluding carboxylic acids is 2. The van der Waals surface area contributed by atoms with Crippen LogP contribution in [0.2, 0.25) is 5.02 Å². The smallest absolute Gasteiger partial charge is 0.298 e. The summed E-state index contributed by atoms with van der Waals surface area (Å²) in [5, 5.41) is 12.4. The Morgan fingerprint density at radius 2 is 1.68 bits per heavy atom. The molecule has 0 aromatic heterocycles. The zero-order valence-electron chi connectivity index (χ0n) is 19.0. The second-order valence-corrected chi connectivity index (χ2v) is 8.52. The molecule has 0 radical (unpaired) electrons. The van der Waals surface area contributed by atoms with Gasteiger partial charge in [-0.3, -0.25) is 9.59 Å². The number of halogens is 3. The first-order chi connectivity index (χ1) is 16.0. The van der Waals surface area contributed by atoms with Crippen molar-refractivity contribution in [2.45, 2.75) is 32.3 Å². The molecule has 178 valence electrons. The SMILES string of the molecule is Cc1ccc(N(C)C(=O)c2ccc(NC(=O)Cc3ccc(C(F)(F)[C@@H](C)O)cc3)cc2)c(Cl)c1. The predicted octanol–water partition coefficient (Wildman–Crippen LogP) is 5.58. The van der Waals surface area contributed by atoms with Crippen molar-refractivity contribution in [3.05, 3.63) is 94.0 Å². The fourth-order valence-corrected chi connectivity index (χ4v) is 3.72. The molecule has 0 fully saturated rings. The molecule has 8 heteroatoms. The zero-order valence-corrected chi connectivity index (χ0v) is 19.7. The first kappa shape index (κ1) is 25.3. The van der Waals surface area contributed by atoms with Crippen LogP contribution in [0.15, 0.2) is 66.7 Å². The molecule has 34 heavy (non-hydrogen) atoms. The number of hydrogen-bond acceptors (Lipinski definition) is 3. The number of aryl methyl sites for hydroxylation is 1. The molecule has 0 saturated heterocycles. The number of alkyl halides is 2. The summed E-state index contributed by atoms with van der Waals surface area (Å²) in [7, 11) is 1.64. The molecule has 0 spiro atoms. The lowest BCUT2D eigenvalue weighted by atomic mass is 10.0. The Bertz CT molecular complexity index is 1180. The molecular weight excluding hydrogens is 462 g/mol. The summed E-state index contributed by atoms with van der Waals surface area (Å²) in [6.45, 7) is 2.94. The minimum absolute atomic E-state index is 0.0180. The van der Waals surface area contributed by atoms with E-state index in [0.717, 1.165) is 12.5 Å². The van der Waals surface area contributed by atoms with Crippen LogP contribution >= 0.6 is 11.6 Å². The van der Waals surface area contributed by atoms with E-state index in [1.807, 2.05) is 13.0 Å². The van der Waals surface area contributed by atoms with E-state index in [0.29, 0.717) is 27.5 Å². The van der Waals surface area contributed by atoms with Crippen molar-refractivity contribution in [3.8, 4) is 0 Å². The van der Waals surface area contributed by atoms with E-state index >= 15 is 0 Å². The van der Waals surface area contributed by atoms with Gasteiger partial charge in [0, 0.05) is 23.9 Å². The van der Waals surface area contributed by atoms with E-state index in [1.165, 1.54) is 29.2 Å². The second-order valence-electron chi connectivity index (χ2n) is 8.12. The molecule has 0 heterocycles. The van der Waals surface area contributed by atoms with E-state index in [-0.39, 0.29) is 23.8 Å². The van der Waals surface area contributed by atoms with Gasteiger partial charge < -0.3 is 15.3 Å². The number of anilines is 2. The summed E-state index contributed by atoms with van der Waals surface area (Å²) in [6.07, 6.45) is -1.83. The number of nitrogens with one attached hydrogen (secondary N) is 1. The maximum absolute atomic E-state index is 13.9. The summed E-state index contributed by atoms with van der Waals surface area (Å²) in [5.74, 6) is -3.95. The molecule has 5 nitrogen and oxygen atoms in total. The van der Waals surface area contributed by atoms with Gasteiger partial charge in [-0.25, -0.2) is 0 Å². The monoisotopic (exact) mass is 486 g/mol. The number of aliphatic hydroxyl groups excluding tert-OH is 1. The standard InChI is InChI=1S/C26H25ClF2N2O3/c1-16-4-13-23(22(27)14-16)31(3)25(34)19-7-11-21(12-8-19)30-24(33)15-18-5-9-20(10-6-18)26(28,29)17(2)32/h4-14,17,32H,15H2,1-3H3,(H,30,33)/t17-/m1/s1. The Labute approximate surface area is 202 Å². The van der Waals surface area contributed by atoms with Crippen LogP contribution < -0.4 is 10.2 Å². The highest BCUT2D eigenvalue weighted by molar-refractivity contribution is 6.34. The third-order valence-corrected chi connectivity index (χ3v) is 5.72. The van der Waals surface area contributed by atoms with E-state index in [2.05, 4.69) is 5.32 Å². The number of rotatable bonds is 7. The van der Waals surface area contributed by atoms with E-state index in [1.54, 1.807) is 43.4 Å². The first-order valence-electron chi connectivity index (χ1n) is 10.6. The van der Waals surface area contributed by atoms with Crippen molar-refractivity contribution in [1.29, 1.82) is 0 Å². The van der Waals surface area contributed by atoms with Crippen molar-refractivity contribution < 1.29 is 23.5 Å². The lowest BCUT2D eigenvalue weighted by Gasteiger charge is -2.20. The summed E-state index contributed by atoms with van der Waals surface area (Å²) in [6, 6.07) is 17.1. The predicted molar refractivity (Wildman–Crippen MR) is 130 cm³/mol. The molecule has 3 rings (SSSR count). The lowest BCUT2D eigenvalue weighted by molar-refractivity contribution is -0.115. The summed E-state index contributed by atoms with van der Waals surface area (Å²) in [5.41, 5.74) is 2.73. The zero-order chi connectivity index (χ0) is 25.0. The number of amides is 2. The third kappa shape index (κ3) is 5.79. The fourth-order valence-electron chi connectivity index (χ4n) is 3.36. The molecule has 0 unspecified atom stereocenters. The number of hydrogen-bond donors (Lipinski definition) is 2. The van der Waals surface area contributed by atoms with Crippen molar-refractivity contribution in [2.75, 3.05) is 17.3 Å². The normalized spacial score (nSPS) is 12.2. The van der Waals surface area contributed by atoms with Gasteiger partial charge in [0.1, 0.15) is 6.10 Å². The summed E-state index contributed by atoms with van der Waals surface area (Å²) in [4.78, 5) is 26.6. The number of carbonyl (C=O) groups is 2. The molecule has 2 amide bonds. The second kappa shape index (κ2) is 10.3. The van der Waals surface area contributed by atoms with Gasteiger partial charge >= 0.3 is 0 Å². The Kier molecular flexibility index (Phi) is 7.69. The van der Waals surface area contributed by atoms with Gasteiger partial charge in [0.25, 0.3) is 11.8 Å². The molecule has 0 bridgehead atoms. The van der Waals surface area contributed by atoms with Crippen LogP contribution in [0.1, 0.15) is 34.0 Å². The van der Waals surface area contributed by atoms with Gasteiger partial charge in [-0.05, 0) is 61.4 Å². The van der Waals surface area contributed by atoms with Crippen LogP contribution in [0.3, 0.4) is 0 Å². The molecule has 0 saturated carbocycles. The first-order valence-corrected chi connectivity index (χ1v) is 11.0. The van der Waals surface area contributed by atoms with E-state index in [4.69, 9.17) is 11.6 Å². The minimum Gasteiger partial charge on any atom is -0.387 e. The van der Waals surface area contributed by atoms with Gasteiger partial charge in [0.05, 0.1) is 17.1 Å². The number of benzene rings is 3. The average Bonchev–Trinajstić information content (AvgIpc) is 2.79. The maximum Gasteiger partial charge on any atom is 0.298 e. The minimum atomic E-state index is -3.36. The van der Waals surface area contributed by atoms with Gasteiger partial charge in [0.15, 0.2) is 0 Å². The van der Waals surface area contributed by atoms with Crippen LogP contribution in [-0.4, -0.2) is 30.1 Å². The van der Waals surface area contributed by atoms with Gasteiger partial charge in [-0.2, -0.15) is 8.78 Å². The quantitative estimate of drug-likeness (QED) is 0.458. The molecule has 3 aromatic rings. The van der Waals surface area contributed by atoms with Crippen LogP contribution in [0.5, 0.6) is 0 Å². The van der Waals surface area contributed by atoms with Crippen LogP contribution in [0.25, 0.3) is 0 Å². The molecular formula is C26H25ClF2N2O3. The Morgan fingerprint density at radius 1 is 1.06 bits per heavy atom. The highest BCUT2D eigenvalue weighted by atomic mass is 35.5. The Hall–Kier alpha value is -3.29. The van der Waals surface area contributed by atoms with E-state index in [9.17, 15) is 23.5 Å². The van der Waals surface area contributed by atoms with Crippen LogP contribution in [0.4, 0.5) is 20.2 Å². The van der Waals surface area contributed by atoms with E-state index < -0.39 is 12.0 Å². The molecule has 0 aliphatic heterocycles. The van der Waals surface area contributed by atoms with Crippen molar-refractivity contribution >= 4 is 34.8 Å². The maximum atomic E-state index is 13.9. The van der Waals surface area contributed by atoms with Gasteiger partial charge in [0.2, 0.25) is 5.91 Å². The van der Waals surface area contributed by atoms with Crippen molar-refractivity contribution in [1.82, 2.24) is 0 Å². The van der Waals surface area contributed by atoms with Gasteiger partial charge in [-0.1, -0.05) is 41.9 Å². The van der Waals surface area contributed by atoms with Gasteiger partial charge in [-0.15, -0.1) is 0 Å². The summed E-state index contributed by atoms with van der Waals surface area (Å²) < 4.78 is 27.7. The molecule has 1 atom stereocenters. The molecule has 0 aliphatic carbocycles. The van der Waals surface area contributed by atoms with Crippen molar-refractivity contribution in [3.63, 3.8) is 0 Å². The highest BCUT2D eigenvalue weighted by Crippen LogP contribution is 2.32. The largest absolute Gasteiger partial charge is 0.387 e. The average molecular weight is 487 g/mol. The number of nitrogens with zero attached hydrogens (tertiary/aromatic N) is 1. The number of aliphatic hydroxyl groups is 1. The Balaban J connectivity index is 1.62. The van der Waals surface area contributed by atoms with Crippen molar-refractivity contribution in [2.24, 2.45) is 0 Å². The summed E-state index contributed by atoms with van der Waals surface area (Å²) >= 11 is 6.26. The van der Waals surface area contributed by atoms with Crippen LogP contribution in [-0.2, 0) is 17.1 Å². The lowest BCUT2D eigenvalue weighted by Crippen LogP contribution is -2.27. The molecule has 3 aromatic carbocycles. The third-order valence-electron chi connectivity index (χ3n) is 5.41. The molecule has 2 N–H and O–H groups in total.